The summed E-state index contributed by atoms with van der Waals surface area (Å²) in [4.78, 5) is 22.4. The topological polar surface area (TPSA) is 58.0 Å². The maximum atomic E-state index is 11.3. The van der Waals surface area contributed by atoms with E-state index in [1.165, 1.54) is 6.92 Å². The summed E-state index contributed by atoms with van der Waals surface area (Å²) in [6, 6.07) is 9.51. The number of carbonyl (C=O) groups excluding carboxylic acids is 2. The number of nitrogens with one attached hydrogen (secondary N) is 1. The van der Waals surface area contributed by atoms with Crippen molar-refractivity contribution in [3.05, 3.63) is 35.9 Å². The minimum atomic E-state index is -0.675. The van der Waals surface area contributed by atoms with Gasteiger partial charge in [0.05, 0.1) is 5.71 Å². The predicted molar refractivity (Wildman–Crippen MR) is 58.2 cm³/mol. The van der Waals surface area contributed by atoms with E-state index in [2.05, 4.69) is 0 Å². The van der Waals surface area contributed by atoms with E-state index in [-0.39, 0.29) is 12.1 Å². The third kappa shape index (κ3) is 3.46. The number of carbonyl (C=O) groups is 2. The lowest BCUT2D eigenvalue weighted by molar-refractivity contribution is -0.132. The lowest BCUT2D eigenvalue weighted by Gasteiger charge is -1.99. The molecule has 1 aromatic carbocycles. The number of hydrogen-bond acceptors (Lipinski definition) is 3. The minimum absolute atomic E-state index is 0.180. The maximum Gasteiger partial charge on any atom is 0.241 e. The first-order chi connectivity index (χ1) is 7.11. The first kappa shape index (κ1) is 11.3. The van der Waals surface area contributed by atoms with Crippen LogP contribution in [-0.2, 0) is 16.0 Å². The molecule has 0 aromatic heterocycles. The fourth-order valence-corrected chi connectivity index (χ4v) is 1.23. The Kier molecular flexibility index (Phi) is 3.92. The van der Waals surface area contributed by atoms with Crippen molar-refractivity contribution in [3.63, 3.8) is 0 Å². The van der Waals surface area contributed by atoms with E-state index in [0.29, 0.717) is 6.42 Å². The molecule has 1 rings (SSSR count). The Balaban J connectivity index is 2.48. The highest BCUT2D eigenvalue weighted by Gasteiger charge is 2.14. The molecule has 3 nitrogen and oxygen atoms in total. The van der Waals surface area contributed by atoms with Crippen LogP contribution in [0, 0.1) is 5.41 Å². The van der Waals surface area contributed by atoms with E-state index in [1.807, 2.05) is 30.3 Å². The van der Waals surface area contributed by atoms with Crippen LogP contribution < -0.4 is 0 Å². The lowest BCUT2D eigenvalue weighted by atomic mass is 10.0. The monoisotopic (exact) mass is 203 g/mol. The largest absolute Gasteiger partial charge is 0.301 e. The van der Waals surface area contributed by atoms with Crippen molar-refractivity contribution in [2.75, 3.05) is 0 Å². The van der Waals surface area contributed by atoms with Gasteiger partial charge in [0.2, 0.25) is 11.6 Å². The fraction of sp³-hybridized carbons (Fsp3) is 0.250. The van der Waals surface area contributed by atoms with Gasteiger partial charge >= 0.3 is 0 Å². The second-order valence-electron chi connectivity index (χ2n) is 3.36. The molecule has 0 saturated heterocycles. The Morgan fingerprint density at radius 1 is 1.20 bits per heavy atom. The number of Topliss-reactive ketones (excluding diaryl/α,β-unsaturated/α-hetero) is 2. The molecular weight excluding hydrogens is 190 g/mol. The molecule has 0 aliphatic heterocycles. The summed E-state index contributed by atoms with van der Waals surface area (Å²) in [6.45, 7) is 1.34. The van der Waals surface area contributed by atoms with E-state index < -0.39 is 11.6 Å². The summed E-state index contributed by atoms with van der Waals surface area (Å²) >= 11 is 0. The van der Waals surface area contributed by atoms with Crippen molar-refractivity contribution < 1.29 is 9.59 Å². The second-order valence-corrected chi connectivity index (χ2v) is 3.36. The van der Waals surface area contributed by atoms with Crippen LogP contribution in [0.1, 0.15) is 18.9 Å². The Labute approximate surface area is 88.6 Å². The van der Waals surface area contributed by atoms with Gasteiger partial charge in [0, 0.05) is 6.42 Å². The molecule has 0 spiro atoms. The highest BCUT2D eigenvalue weighted by Crippen LogP contribution is 2.03. The molecule has 0 heterocycles. The Hall–Kier alpha value is -1.77. The molecule has 78 valence electrons. The molecule has 1 aromatic rings. The molecular formula is C12H13NO2. The number of benzene rings is 1. The number of hydrogen-bond donors (Lipinski definition) is 1. The maximum absolute atomic E-state index is 11.3. The van der Waals surface area contributed by atoms with Gasteiger partial charge in [-0.2, -0.15) is 0 Å². The minimum Gasteiger partial charge on any atom is -0.301 e. The first-order valence-electron chi connectivity index (χ1n) is 4.78. The first-order valence-corrected chi connectivity index (χ1v) is 4.78. The summed E-state index contributed by atoms with van der Waals surface area (Å²) in [5.41, 5.74) is 0.842. The molecule has 0 fully saturated rings. The molecule has 0 saturated carbocycles. The van der Waals surface area contributed by atoms with E-state index in [1.54, 1.807) is 0 Å². The molecule has 0 amide bonds. The van der Waals surface area contributed by atoms with Gasteiger partial charge in [-0.15, -0.1) is 0 Å². The van der Waals surface area contributed by atoms with Gasteiger partial charge in [0.15, 0.2) is 0 Å². The van der Waals surface area contributed by atoms with E-state index in [0.717, 1.165) is 5.56 Å². The average molecular weight is 203 g/mol. The standard InChI is InChI=1S/C12H13NO2/c1-9(13)12(15)11(14)8-7-10-5-3-2-4-6-10/h2-6,13H,7-8H2,1H3. The molecule has 1 N–H and O–H groups in total. The summed E-state index contributed by atoms with van der Waals surface area (Å²) in [7, 11) is 0. The van der Waals surface area contributed by atoms with Gasteiger partial charge in [-0.1, -0.05) is 30.3 Å². The molecule has 3 heteroatoms. The Bertz CT molecular complexity index is 382. The van der Waals surface area contributed by atoms with E-state index in [4.69, 9.17) is 5.41 Å². The van der Waals surface area contributed by atoms with Gasteiger partial charge in [0.1, 0.15) is 0 Å². The molecule has 0 unspecified atom stereocenters. The SMILES string of the molecule is CC(=N)C(=O)C(=O)CCc1ccccc1. The van der Waals surface area contributed by atoms with Crippen LogP contribution in [0.2, 0.25) is 0 Å². The van der Waals surface area contributed by atoms with Crippen molar-refractivity contribution in [1.29, 1.82) is 5.41 Å². The Morgan fingerprint density at radius 3 is 2.33 bits per heavy atom. The summed E-state index contributed by atoms with van der Waals surface area (Å²) in [5, 5.41) is 7.04. The normalized spacial score (nSPS) is 9.67. The van der Waals surface area contributed by atoms with Crippen LogP contribution in [0.4, 0.5) is 0 Å². The van der Waals surface area contributed by atoms with Gasteiger partial charge in [0.25, 0.3) is 0 Å². The molecule has 0 aliphatic rings. The van der Waals surface area contributed by atoms with Crippen LogP contribution in [0.5, 0.6) is 0 Å². The number of rotatable bonds is 5. The third-order valence-electron chi connectivity index (χ3n) is 2.08. The number of aryl methyl sites for hydroxylation is 1. The Morgan fingerprint density at radius 2 is 1.80 bits per heavy atom. The average Bonchev–Trinajstić information content (AvgIpc) is 2.26. The zero-order chi connectivity index (χ0) is 11.3. The quantitative estimate of drug-likeness (QED) is 0.586. The van der Waals surface area contributed by atoms with Crippen molar-refractivity contribution in [2.24, 2.45) is 0 Å². The number of ketones is 2. The van der Waals surface area contributed by atoms with Crippen LogP contribution in [0.3, 0.4) is 0 Å². The van der Waals surface area contributed by atoms with Gasteiger partial charge in [-0.25, -0.2) is 0 Å². The summed E-state index contributed by atoms with van der Waals surface area (Å²) in [5.74, 6) is -1.16. The van der Waals surface area contributed by atoms with Crippen molar-refractivity contribution in [2.45, 2.75) is 19.8 Å². The van der Waals surface area contributed by atoms with Crippen LogP contribution in [0.15, 0.2) is 30.3 Å². The van der Waals surface area contributed by atoms with Crippen molar-refractivity contribution in [3.8, 4) is 0 Å². The zero-order valence-corrected chi connectivity index (χ0v) is 8.62. The van der Waals surface area contributed by atoms with E-state index >= 15 is 0 Å². The molecule has 0 aliphatic carbocycles. The highest BCUT2D eigenvalue weighted by atomic mass is 16.2. The van der Waals surface area contributed by atoms with Crippen molar-refractivity contribution in [1.82, 2.24) is 0 Å². The molecule has 0 bridgehead atoms. The molecule has 15 heavy (non-hydrogen) atoms. The molecule has 0 atom stereocenters. The second kappa shape index (κ2) is 5.20. The van der Waals surface area contributed by atoms with Gasteiger partial charge < -0.3 is 5.41 Å². The highest BCUT2D eigenvalue weighted by molar-refractivity contribution is 6.64. The third-order valence-corrected chi connectivity index (χ3v) is 2.08. The van der Waals surface area contributed by atoms with Crippen LogP contribution >= 0.6 is 0 Å². The smallest absolute Gasteiger partial charge is 0.241 e. The van der Waals surface area contributed by atoms with Crippen LogP contribution in [0.25, 0.3) is 0 Å². The predicted octanol–water partition coefficient (Wildman–Crippen LogP) is 1.80. The fourth-order valence-electron chi connectivity index (χ4n) is 1.23. The van der Waals surface area contributed by atoms with E-state index in [9.17, 15) is 9.59 Å². The van der Waals surface area contributed by atoms with Crippen molar-refractivity contribution >= 4 is 17.3 Å². The summed E-state index contributed by atoms with van der Waals surface area (Å²) in [6.07, 6.45) is 0.734. The van der Waals surface area contributed by atoms with Crippen LogP contribution in [-0.4, -0.2) is 17.3 Å². The zero-order valence-electron chi connectivity index (χ0n) is 8.62. The van der Waals surface area contributed by atoms with Gasteiger partial charge in [-0.3, -0.25) is 9.59 Å². The lowest BCUT2D eigenvalue weighted by Crippen LogP contribution is -2.21. The van der Waals surface area contributed by atoms with Gasteiger partial charge in [-0.05, 0) is 18.9 Å². The summed E-state index contributed by atoms with van der Waals surface area (Å²) < 4.78 is 0. The molecule has 0 radical (unpaired) electrons.